The minimum atomic E-state index is 0.197. The quantitative estimate of drug-likeness (QED) is 0.339. The molecule has 0 spiro atoms. The van der Waals surface area contributed by atoms with E-state index in [0.717, 1.165) is 27.2 Å². The highest BCUT2D eigenvalue weighted by molar-refractivity contribution is 7.99. The number of rotatable bonds is 7. The molecule has 0 bridgehead atoms. The molecule has 1 unspecified atom stereocenters. The Morgan fingerprint density at radius 2 is 1.90 bits per heavy atom. The fraction of sp³-hybridized carbons (Fsp3) is 0.136. The molecule has 0 fully saturated rings. The van der Waals surface area contributed by atoms with E-state index in [4.69, 9.17) is 4.74 Å². The summed E-state index contributed by atoms with van der Waals surface area (Å²) < 4.78 is 6.14. The van der Waals surface area contributed by atoms with E-state index in [9.17, 15) is 0 Å². The van der Waals surface area contributed by atoms with Crippen molar-refractivity contribution < 1.29 is 4.74 Å². The molecule has 0 aliphatic rings. The maximum absolute atomic E-state index is 6.14. The first kappa shape index (κ1) is 19.4. The molecule has 7 heteroatoms. The zero-order valence-corrected chi connectivity index (χ0v) is 17.7. The number of nitrogens with one attached hydrogen (secondary N) is 1. The molecule has 4 rings (SSSR count). The number of anilines is 2. The zero-order valence-electron chi connectivity index (χ0n) is 16.1. The van der Waals surface area contributed by atoms with Gasteiger partial charge in [0, 0.05) is 27.9 Å². The molecule has 0 saturated carbocycles. The molecule has 29 heavy (non-hydrogen) atoms. The van der Waals surface area contributed by atoms with Crippen LogP contribution in [0.2, 0.25) is 0 Å². The van der Waals surface area contributed by atoms with E-state index in [2.05, 4.69) is 27.2 Å². The smallest absolute Gasteiger partial charge is 0.188 e. The number of aromatic nitrogens is 3. The number of para-hydroxylation sites is 1. The number of nitrogens with zero attached hydrogens (tertiary/aromatic N) is 3. The van der Waals surface area contributed by atoms with Crippen molar-refractivity contribution in [2.45, 2.75) is 24.0 Å². The Labute approximate surface area is 178 Å². The molecule has 1 N–H and O–H groups in total. The molecule has 3 heterocycles. The second-order valence-electron chi connectivity index (χ2n) is 6.37. The van der Waals surface area contributed by atoms with E-state index < -0.39 is 0 Å². The van der Waals surface area contributed by atoms with Gasteiger partial charge in [-0.1, -0.05) is 24.3 Å². The van der Waals surface area contributed by atoms with E-state index in [1.807, 2.05) is 79.3 Å². The number of benzene rings is 1. The van der Waals surface area contributed by atoms with Gasteiger partial charge in [-0.2, -0.15) is 0 Å². The van der Waals surface area contributed by atoms with E-state index in [0.29, 0.717) is 11.6 Å². The number of aryl methyl sites for hydroxylation is 1. The third-order valence-corrected chi connectivity index (χ3v) is 6.03. The lowest BCUT2D eigenvalue weighted by Crippen LogP contribution is -1.98. The van der Waals surface area contributed by atoms with Crippen LogP contribution in [0.3, 0.4) is 0 Å². The van der Waals surface area contributed by atoms with Gasteiger partial charge in [-0.05, 0) is 44.2 Å². The molecule has 146 valence electrons. The van der Waals surface area contributed by atoms with Crippen LogP contribution < -0.4 is 10.1 Å². The van der Waals surface area contributed by atoms with E-state index >= 15 is 0 Å². The van der Waals surface area contributed by atoms with Gasteiger partial charge >= 0.3 is 0 Å². The molecular weight excluding hydrogens is 400 g/mol. The van der Waals surface area contributed by atoms with Gasteiger partial charge in [-0.15, -0.1) is 23.1 Å². The van der Waals surface area contributed by atoms with Crippen molar-refractivity contribution in [1.82, 2.24) is 15.0 Å². The minimum Gasteiger partial charge on any atom is -0.453 e. The molecule has 3 aromatic heterocycles. The summed E-state index contributed by atoms with van der Waals surface area (Å²) in [5.41, 5.74) is 2.00. The molecule has 4 aromatic rings. The number of hydrogen-bond acceptors (Lipinski definition) is 7. The number of thioether (sulfide) groups is 1. The van der Waals surface area contributed by atoms with Crippen LogP contribution in [0.4, 0.5) is 10.9 Å². The summed E-state index contributed by atoms with van der Waals surface area (Å²) >= 11 is 3.23. The van der Waals surface area contributed by atoms with Crippen molar-refractivity contribution in [2.75, 3.05) is 5.32 Å². The zero-order chi connectivity index (χ0) is 20.1. The van der Waals surface area contributed by atoms with Gasteiger partial charge in [0.05, 0.1) is 11.4 Å². The second kappa shape index (κ2) is 9.07. The second-order valence-corrected chi connectivity index (χ2v) is 8.64. The number of thiazole rings is 1. The fourth-order valence-corrected chi connectivity index (χ4v) is 4.32. The molecule has 0 radical (unpaired) electrons. The summed E-state index contributed by atoms with van der Waals surface area (Å²) in [5, 5.41) is 6.26. The highest BCUT2D eigenvalue weighted by Gasteiger charge is 2.14. The first-order chi connectivity index (χ1) is 14.2. The maximum Gasteiger partial charge on any atom is 0.188 e. The third-order valence-electron chi connectivity index (χ3n) is 4.06. The Kier molecular flexibility index (Phi) is 6.07. The van der Waals surface area contributed by atoms with E-state index in [1.165, 1.54) is 0 Å². The van der Waals surface area contributed by atoms with Crippen molar-refractivity contribution in [3.8, 4) is 11.5 Å². The summed E-state index contributed by atoms with van der Waals surface area (Å²) in [6, 6.07) is 17.7. The van der Waals surface area contributed by atoms with Crippen LogP contribution in [0.1, 0.15) is 23.6 Å². The van der Waals surface area contributed by atoms with Crippen LogP contribution in [0, 0.1) is 6.92 Å². The van der Waals surface area contributed by atoms with Crippen LogP contribution in [0.25, 0.3) is 0 Å². The average molecular weight is 421 g/mol. The molecule has 0 aliphatic carbocycles. The summed E-state index contributed by atoms with van der Waals surface area (Å²) in [7, 11) is 0. The van der Waals surface area contributed by atoms with Gasteiger partial charge in [0.15, 0.2) is 16.7 Å². The minimum absolute atomic E-state index is 0.197. The number of hydrogen-bond donors (Lipinski definition) is 1. The lowest BCUT2D eigenvalue weighted by Gasteiger charge is -2.14. The summed E-state index contributed by atoms with van der Waals surface area (Å²) in [6.45, 7) is 4.10. The number of ether oxygens (including phenoxy) is 1. The summed E-state index contributed by atoms with van der Waals surface area (Å²) in [5.74, 6) is 2.05. The highest BCUT2D eigenvalue weighted by atomic mass is 32.2. The van der Waals surface area contributed by atoms with Gasteiger partial charge in [0.25, 0.3) is 0 Å². The van der Waals surface area contributed by atoms with Crippen LogP contribution in [0.5, 0.6) is 11.5 Å². The first-order valence-electron chi connectivity index (χ1n) is 9.17. The largest absolute Gasteiger partial charge is 0.453 e. The summed E-state index contributed by atoms with van der Waals surface area (Å²) in [6.07, 6.45) is 3.67. The van der Waals surface area contributed by atoms with Crippen LogP contribution in [0.15, 0.2) is 77.3 Å². The lowest BCUT2D eigenvalue weighted by atomic mass is 10.3. The first-order valence-corrected chi connectivity index (χ1v) is 10.9. The maximum atomic E-state index is 6.14. The van der Waals surface area contributed by atoms with E-state index in [-0.39, 0.29) is 5.25 Å². The molecule has 0 aliphatic heterocycles. The Bertz CT molecular complexity index is 1070. The highest BCUT2D eigenvalue weighted by Crippen LogP contribution is 2.38. The lowest BCUT2D eigenvalue weighted by molar-refractivity contribution is 0.481. The Morgan fingerprint density at radius 1 is 1.07 bits per heavy atom. The number of pyridine rings is 2. The molecule has 5 nitrogen and oxygen atoms in total. The van der Waals surface area contributed by atoms with Gasteiger partial charge in [0.1, 0.15) is 5.75 Å². The fourth-order valence-electron chi connectivity index (χ4n) is 2.67. The SMILES string of the molecule is Cc1csc(Nc2ncc(SC(C)c3ccccn3)cc2Oc2ccccc2)n1. The van der Waals surface area contributed by atoms with Gasteiger partial charge in [-0.25, -0.2) is 9.97 Å². The Balaban J connectivity index is 1.61. The summed E-state index contributed by atoms with van der Waals surface area (Å²) in [4.78, 5) is 14.5. The average Bonchev–Trinajstić information content (AvgIpc) is 3.16. The van der Waals surface area contributed by atoms with Crippen LogP contribution in [-0.4, -0.2) is 15.0 Å². The predicted octanol–water partition coefficient (Wildman–Crippen LogP) is 6.63. The molecular formula is C22H20N4OS2. The molecule has 0 amide bonds. The van der Waals surface area contributed by atoms with Gasteiger partial charge in [0.2, 0.25) is 0 Å². The Hall–Kier alpha value is -2.90. The monoisotopic (exact) mass is 420 g/mol. The van der Waals surface area contributed by atoms with Crippen molar-refractivity contribution in [3.63, 3.8) is 0 Å². The Morgan fingerprint density at radius 3 is 2.62 bits per heavy atom. The van der Waals surface area contributed by atoms with Crippen molar-refractivity contribution in [3.05, 3.63) is 83.8 Å². The van der Waals surface area contributed by atoms with Crippen LogP contribution in [-0.2, 0) is 0 Å². The molecule has 1 aromatic carbocycles. The van der Waals surface area contributed by atoms with Crippen molar-refractivity contribution in [1.29, 1.82) is 0 Å². The van der Waals surface area contributed by atoms with Gasteiger partial charge in [-0.3, -0.25) is 4.98 Å². The van der Waals surface area contributed by atoms with Crippen LogP contribution >= 0.6 is 23.1 Å². The molecule has 1 atom stereocenters. The van der Waals surface area contributed by atoms with E-state index in [1.54, 1.807) is 23.1 Å². The normalized spacial score (nSPS) is 11.8. The third kappa shape index (κ3) is 5.13. The molecule has 0 saturated heterocycles. The standard InChI is InChI=1S/C22H20N4OS2/c1-15-14-28-22(25-15)26-21-20(27-17-8-4-3-5-9-17)12-18(13-24-21)29-16(2)19-10-6-7-11-23-19/h3-14,16H,1-2H3,(H,24,25,26). The topological polar surface area (TPSA) is 59.9 Å². The van der Waals surface area contributed by atoms with Crippen molar-refractivity contribution in [2.24, 2.45) is 0 Å². The predicted molar refractivity (Wildman–Crippen MR) is 119 cm³/mol. The van der Waals surface area contributed by atoms with Crippen molar-refractivity contribution >= 4 is 34.0 Å². The van der Waals surface area contributed by atoms with Gasteiger partial charge < -0.3 is 10.1 Å².